The van der Waals surface area contributed by atoms with Gasteiger partial charge in [-0.15, -0.1) is 0 Å². The Labute approximate surface area is 110 Å². The molecule has 0 aliphatic heterocycles. The second-order valence-electron chi connectivity index (χ2n) is 4.03. The van der Waals surface area contributed by atoms with Gasteiger partial charge < -0.3 is 10.1 Å². The smallest absolute Gasteiger partial charge is 0.174 e. The summed E-state index contributed by atoms with van der Waals surface area (Å²) in [5, 5.41) is 11.8. The topological polar surface area (TPSA) is 62.1 Å². The lowest BCUT2D eigenvalue weighted by Crippen LogP contribution is -2.27. The minimum Gasteiger partial charge on any atom is -0.479 e. The second-order valence-corrected chi connectivity index (χ2v) is 5.84. The van der Waals surface area contributed by atoms with E-state index in [9.17, 15) is 4.21 Å². The second kappa shape index (κ2) is 7.85. The normalized spacial score (nSPS) is 13.6. The van der Waals surface area contributed by atoms with Crippen LogP contribution in [0.1, 0.15) is 12.5 Å². The van der Waals surface area contributed by atoms with Crippen LogP contribution in [0.5, 0.6) is 5.75 Å². The predicted molar refractivity (Wildman–Crippen MR) is 72.8 cm³/mol. The van der Waals surface area contributed by atoms with Crippen molar-refractivity contribution in [2.75, 3.05) is 19.4 Å². The van der Waals surface area contributed by atoms with Crippen molar-refractivity contribution in [3.63, 3.8) is 0 Å². The van der Waals surface area contributed by atoms with Crippen LogP contribution in [0.25, 0.3) is 0 Å². The molecular weight excluding hydrogens is 248 g/mol. The maximum atomic E-state index is 11.2. The van der Waals surface area contributed by atoms with Crippen LogP contribution in [0.2, 0.25) is 0 Å². The number of benzene rings is 1. The molecule has 0 saturated carbocycles. The average Bonchev–Trinajstić information content (AvgIpc) is 2.36. The Morgan fingerprint density at radius 2 is 2.33 bits per heavy atom. The molecule has 2 unspecified atom stereocenters. The van der Waals surface area contributed by atoms with Crippen molar-refractivity contribution in [2.24, 2.45) is 0 Å². The summed E-state index contributed by atoms with van der Waals surface area (Å²) in [6.45, 7) is 3.43. The SMILES string of the molecule is CC(CNCc1cccc(OCC#N)c1)S(C)=O. The number of rotatable bonds is 7. The summed E-state index contributed by atoms with van der Waals surface area (Å²) in [6.07, 6.45) is 1.71. The molecule has 0 saturated heterocycles. The lowest BCUT2D eigenvalue weighted by molar-refractivity contribution is 0.367. The number of nitriles is 1. The summed E-state index contributed by atoms with van der Waals surface area (Å²) < 4.78 is 16.4. The van der Waals surface area contributed by atoms with Gasteiger partial charge in [0.25, 0.3) is 0 Å². The zero-order chi connectivity index (χ0) is 13.4. The van der Waals surface area contributed by atoms with Crippen LogP contribution in [0.4, 0.5) is 0 Å². The van der Waals surface area contributed by atoms with Gasteiger partial charge >= 0.3 is 0 Å². The lowest BCUT2D eigenvalue weighted by Gasteiger charge is -2.10. The van der Waals surface area contributed by atoms with Gasteiger partial charge in [0, 0.05) is 35.4 Å². The third kappa shape index (κ3) is 5.30. The third-order valence-corrected chi connectivity index (χ3v) is 3.83. The van der Waals surface area contributed by atoms with Crippen molar-refractivity contribution in [1.82, 2.24) is 5.32 Å². The predicted octanol–water partition coefficient (Wildman–Crippen LogP) is 1.45. The van der Waals surface area contributed by atoms with E-state index in [-0.39, 0.29) is 11.9 Å². The summed E-state index contributed by atoms with van der Waals surface area (Å²) in [4.78, 5) is 0. The van der Waals surface area contributed by atoms with Crippen LogP contribution in [-0.4, -0.2) is 28.9 Å². The van der Waals surface area contributed by atoms with E-state index in [0.717, 1.165) is 5.56 Å². The van der Waals surface area contributed by atoms with Gasteiger partial charge in [0.05, 0.1) is 0 Å². The van der Waals surface area contributed by atoms with E-state index < -0.39 is 10.8 Å². The van der Waals surface area contributed by atoms with E-state index in [1.54, 1.807) is 6.26 Å². The molecule has 1 aromatic rings. The van der Waals surface area contributed by atoms with Crippen molar-refractivity contribution in [3.8, 4) is 11.8 Å². The molecule has 2 atom stereocenters. The molecule has 0 aromatic heterocycles. The van der Waals surface area contributed by atoms with Crippen LogP contribution < -0.4 is 10.1 Å². The van der Waals surface area contributed by atoms with Gasteiger partial charge in [0.1, 0.15) is 11.8 Å². The lowest BCUT2D eigenvalue weighted by atomic mass is 10.2. The summed E-state index contributed by atoms with van der Waals surface area (Å²) in [6, 6.07) is 9.54. The highest BCUT2D eigenvalue weighted by Gasteiger charge is 2.05. The van der Waals surface area contributed by atoms with Crippen LogP contribution in [0.15, 0.2) is 24.3 Å². The van der Waals surface area contributed by atoms with E-state index in [4.69, 9.17) is 10.00 Å². The molecule has 18 heavy (non-hydrogen) atoms. The van der Waals surface area contributed by atoms with Crippen molar-refractivity contribution < 1.29 is 8.95 Å². The Morgan fingerprint density at radius 3 is 3.00 bits per heavy atom. The first-order valence-corrected chi connectivity index (χ1v) is 7.37. The van der Waals surface area contributed by atoms with Gasteiger partial charge in [0.15, 0.2) is 6.61 Å². The maximum Gasteiger partial charge on any atom is 0.174 e. The number of hydrogen-bond donors (Lipinski definition) is 1. The Morgan fingerprint density at radius 1 is 1.56 bits per heavy atom. The van der Waals surface area contributed by atoms with E-state index in [0.29, 0.717) is 18.8 Å². The first kappa shape index (κ1) is 14.7. The van der Waals surface area contributed by atoms with Gasteiger partial charge in [-0.1, -0.05) is 12.1 Å². The molecule has 1 aromatic carbocycles. The van der Waals surface area contributed by atoms with Crippen LogP contribution in [0.3, 0.4) is 0 Å². The molecule has 4 nitrogen and oxygen atoms in total. The maximum absolute atomic E-state index is 11.2. The van der Waals surface area contributed by atoms with Crippen molar-refractivity contribution >= 4 is 10.8 Å². The molecule has 1 N–H and O–H groups in total. The molecule has 5 heteroatoms. The molecule has 98 valence electrons. The molecule has 0 amide bonds. The summed E-state index contributed by atoms with van der Waals surface area (Å²) >= 11 is 0. The first-order chi connectivity index (χ1) is 8.63. The fourth-order valence-electron chi connectivity index (χ4n) is 1.40. The monoisotopic (exact) mass is 266 g/mol. The van der Waals surface area contributed by atoms with Gasteiger partial charge in [-0.2, -0.15) is 5.26 Å². The fraction of sp³-hybridized carbons (Fsp3) is 0.462. The van der Waals surface area contributed by atoms with Crippen LogP contribution >= 0.6 is 0 Å². The summed E-state index contributed by atoms with van der Waals surface area (Å²) in [5.41, 5.74) is 1.08. The van der Waals surface area contributed by atoms with Gasteiger partial charge in [-0.3, -0.25) is 4.21 Å². The standard InChI is InChI=1S/C13H18N2O2S/c1-11(18(2)16)9-15-10-12-4-3-5-13(8-12)17-7-6-14/h3-5,8,11,15H,7,9-10H2,1-2H3. The third-order valence-electron chi connectivity index (χ3n) is 2.53. The van der Waals surface area contributed by atoms with Gasteiger partial charge in [0.2, 0.25) is 0 Å². The zero-order valence-electron chi connectivity index (χ0n) is 10.7. The molecule has 0 heterocycles. The van der Waals surface area contributed by atoms with Gasteiger partial charge in [-0.05, 0) is 24.6 Å². The van der Waals surface area contributed by atoms with Crippen molar-refractivity contribution in [2.45, 2.75) is 18.7 Å². The van der Waals surface area contributed by atoms with E-state index >= 15 is 0 Å². The van der Waals surface area contributed by atoms with Crippen LogP contribution in [0, 0.1) is 11.3 Å². The number of nitrogens with one attached hydrogen (secondary N) is 1. The Bertz CT molecular complexity index is 443. The molecule has 0 radical (unpaired) electrons. The van der Waals surface area contributed by atoms with E-state index in [1.807, 2.05) is 37.3 Å². The molecule has 0 spiro atoms. The highest BCUT2D eigenvalue weighted by Crippen LogP contribution is 2.12. The highest BCUT2D eigenvalue weighted by atomic mass is 32.2. The summed E-state index contributed by atoms with van der Waals surface area (Å²) in [7, 11) is -0.800. The van der Waals surface area contributed by atoms with Crippen molar-refractivity contribution in [1.29, 1.82) is 5.26 Å². The van der Waals surface area contributed by atoms with E-state index in [2.05, 4.69) is 5.32 Å². The quantitative estimate of drug-likeness (QED) is 0.811. The number of ether oxygens (including phenoxy) is 1. The summed E-state index contributed by atoms with van der Waals surface area (Å²) in [5.74, 6) is 0.697. The fourth-order valence-corrected chi connectivity index (χ4v) is 1.75. The first-order valence-electron chi connectivity index (χ1n) is 5.75. The molecular formula is C13H18N2O2S. The van der Waals surface area contributed by atoms with Crippen molar-refractivity contribution in [3.05, 3.63) is 29.8 Å². The highest BCUT2D eigenvalue weighted by molar-refractivity contribution is 7.84. The number of nitrogens with zero attached hydrogens (tertiary/aromatic N) is 1. The average molecular weight is 266 g/mol. The van der Waals surface area contributed by atoms with Crippen LogP contribution in [-0.2, 0) is 17.3 Å². The molecule has 0 bridgehead atoms. The Kier molecular flexibility index (Phi) is 6.40. The molecule has 1 rings (SSSR count). The molecule has 0 aliphatic rings. The Balaban J connectivity index is 2.43. The largest absolute Gasteiger partial charge is 0.479 e. The number of hydrogen-bond acceptors (Lipinski definition) is 4. The Hall–Kier alpha value is -1.38. The van der Waals surface area contributed by atoms with E-state index in [1.165, 1.54) is 0 Å². The molecule has 0 aliphatic carbocycles. The minimum atomic E-state index is -0.800. The van der Waals surface area contributed by atoms with Gasteiger partial charge in [-0.25, -0.2) is 0 Å². The zero-order valence-corrected chi connectivity index (χ0v) is 11.5. The minimum absolute atomic E-state index is 0.0583. The molecule has 0 fully saturated rings.